The van der Waals surface area contributed by atoms with Crippen LogP contribution in [-0.4, -0.2) is 33.5 Å². The highest BCUT2D eigenvalue weighted by Crippen LogP contribution is 2.25. The molecule has 4 heteroatoms. The van der Waals surface area contributed by atoms with Crippen LogP contribution in [0.5, 0.6) is 0 Å². The summed E-state index contributed by atoms with van der Waals surface area (Å²) in [4.78, 5) is 24.3. The Hall–Kier alpha value is -0.900. The maximum Gasteiger partial charge on any atom is 0.229 e. The van der Waals surface area contributed by atoms with Crippen molar-refractivity contribution in [3.8, 4) is 0 Å². The number of carbonyl (C=O) groups excluding carboxylic acids is 2. The Labute approximate surface area is 83.9 Å². The lowest BCUT2D eigenvalue weighted by atomic mass is 9.93. The van der Waals surface area contributed by atoms with Crippen LogP contribution in [0.1, 0.15) is 40.0 Å². The number of nitrogens with zero attached hydrogens (tertiary/aromatic N) is 1. The van der Waals surface area contributed by atoms with E-state index in [1.165, 1.54) is 4.90 Å². The predicted molar refractivity (Wildman–Crippen MR) is 51.5 cm³/mol. The minimum atomic E-state index is -0.797. The Morgan fingerprint density at radius 2 is 1.71 bits per heavy atom. The van der Waals surface area contributed by atoms with Gasteiger partial charge in [0.25, 0.3) is 0 Å². The number of imide groups is 1. The monoisotopic (exact) mass is 199 g/mol. The first-order valence-electron chi connectivity index (χ1n) is 4.91. The first-order chi connectivity index (χ1) is 6.37. The number of hydrogen-bond donors (Lipinski definition) is 1. The van der Waals surface area contributed by atoms with Gasteiger partial charge in [-0.15, -0.1) is 0 Å². The third-order valence-electron chi connectivity index (χ3n) is 2.88. The van der Waals surface area contributed by atoms with Crippen LogP contribution in [0.2, 0.25) is 0 Å². The molecule has 0 radical (unpaired) electrons. The van der Waals surface area contributed by atoms with Gasteiger partial charge in [0.05, 0.1) is 11.6 Å². The van der Waals surface area contributed by atoms with Crippen LogP contribution in [0.3, 0.4) is 0 Å². The molecule has 0 aliphatic carbocycles. The highest BCUT2D eigenvalue weighted by atomic mass is 16.3. The minimum Gasteiger partial charge on any atom is -0.391 e. The minimum absolute atomic E-state index is 0.174. The van der Waals surface area contributed by atoms with Crippen LogP contribution in [0.15, 0.2) is 0 Å². The van der Waals surface area contributed by atoms with E-state index in [-0.39, 0.29) is 11.8 Å². The first kappa shape index (κ1) is 11.2. The molecule has 1 aliphatic heterocycles. The molecule has 0 aromatic rings. The fraction of sp³-hybridized carbons (Fsp3) is 0.800. The Kier molecular flexibility index (Phi) is 2.95. The highest BCUT2D eigenvalue weighted by molar-refractivity contribution is 5.98. The summed E-state index contributed by atoms with van der Waals surface area (Å²) in [5.74, 6) is -0.348. The van der Waals surface area contributed by atoms with Gasteiger partial charge in [0.1, 0.15) is 0 Å². The molecule has 1 atom stereocenters. The van der Waals surface area contributed by atoms with E-state index in [4.69, 9.17) is 0 Å². The van der Waals surface area contributed by atoms with Crippen LogP contribution >= 0.6 is 0 Å². The van der Waals surface area contributed by atoms with Crippen molar-refractivity contribution in [3.63, 3.8) is 0 Å². The molecule has 0 saturated carbocycles. The quantitative estimate of drug-likeness (QED) is 0.665. The predicted octanol–water partition coefficient (Wildman–Crippen LogP) is 0.685. The number of likely N-dealkylation sites (tertiary alicyclic amines) is 1. The van der Waals surface area contributed by atoms with Crippen LogP contribution in [0.4, 0.5) is 0 Å². The highest BCUT2D eigenvalue weighted by Gasteiger charge is 2.40. The number of hydrogen-bond acceptors (Lipinski definition) is 3. The van der Waals surface area contributed by atoms with Gasteiger partial charge in [-0.05, 0) is 27.2 Å². The van der Waals surface area contributed by atoms with Gasteiger partial charge >= 0.3 is 0 Å². The zero-order valence-electron chi connectivity index (χ0n) is 8.91. The van der Waals surface area contributed by atoms with Gasteiger partial charge < -0.3 is 5.11 Å². The van der Waals surface area contributed by atoms with E-state index in [1.54, 1.807) is 20.8 Å². The van der Waals surface area contributed by atoms with Crippen LogP contribution in [0, 0.1) is 0 Å². The molecule has 1 unspecified atom stereocenters. The first-order valence-corrected chi connectivity index (χ1v) is 4.91. The van der Waals surface area contributed by atoms with Gasteiger partial charge in [-0.1, -0.05) is 0 Å². The second kappa shape index (κ2) is 3.69. The zero-order valence-corrected chi connectivity index (χ0v) is 8.91. The number of piperidine rings is 1. The van der Waals surface area contributed by atoms with Gasteiger partial charge in [0.15, 0.2) is 0 Å². The Morgan fingerprint density at radius 1 is 1.29 bits per heavy atom. The second-order valence-corrected chi connectivity index (χ2v) is 4.31. The summed E-state index contributed by atoms with van der Waals surface area (Å²) in [5.41, 5.74) is -0.797. The van der Waals surface area contributed by atoms with E-state index in [2.05, 4.69) is 0 Å². The molecule has 0 aromatic heterocycles. The maximum atomic E-state index is 11.5. The summed E-state index contributed by atoms with van der Waals surface area (Å²) >= 11 is 0. The average molecular weight is 199 g/mol. The number of carbonyl (C=O) groups is 2. The lowest BCUT2D eigenvalue weighted by Crippen LogP contribution is -2.58. The Bertz CT molecular complexity index is 242. The van der Waals surface area contributed by atoms with E-state index in [9.17, 15) is 14.7 Å². The molecule has 1 N–H and O–H groups in total. The van der Waals surface area contributed by atoms with E-state index < -0.39 is 11.6 Å². The molecule has 1 aliphatic rings. The van der Waals surface area contributed by atoms with Crippen molar-refractivity contribution in [1.82, 2.24) is 4.90 Å². The largest absolute Gasteiger partial charge is 0.391 e. The summed E-state index contributed by atoms with van der Waals surface area (Å²) in [6, 6.07) is 0. The maximum absolute atomic E-state index is 11.5. The number of aliphatic hydroxyl groups excluding tert-OH is 1. The third-order valence-corrected chi connectivity index (χ3v) is 2.88. The normalized spacial score (nSPS) is 21.3. The summed E-state index contributed by atoms with van der Waals surface area (Å²) in [5, 5.41) is 9.52. The van der Waals surface area contributed by atoms with Gasteiger partial charge in [0, 0.05) is 12.8 Å². The summed E-state index contributed by atoms with van der Waals surface area (Å²) < 4.78 is 0. The lowest BCUT2D eigenvalue weighted by molar-refractivity contribution is -0.159. The molecule has 1 heterocycles. The molecule has 0 aromatic carbocycles. The summed E-state index contributed by atoms with van der Waals surface area (Å²) in [6.07, 6.45) is 0.724. The number of rotatable bonds is 2. The molecule has 1 fully saturated rings. The van der Waals surface area contributed by atoms with Crippen LogP contribution in [-0.2, 0) is 9.59 Å². The van der Waals surface area contributed by atoms with Crippen LogP contribution in [0.25, 0.3) is 0 Å². The molecule has 14 heavy (non-hydrogen) atoms. The molecule has 1 rings (SSSR count). The standard InChI is InChI=1S/C10H17NO3/c1-7(12)10(2,3)11-8(13)5-4-6-9(11)14/h7,12H,4-6H2,1-3H3. The van der Waals surface area contributed by atoms with Crippen LogP contribution < -0.4 is 0 Å². The Morgan fingerprint density at radius 3 is 2.07 bits per heavy atom. The Balaban J connectivity index is 2.93. The zero-order chi connectivity index (χ0) is 10.9. The fourth-order valence-corrected chi connectivity index (χ4v) is 1.58. The fourth-order valence-electron chi connectivity index (χ4n) is 1.58. The molecule has 0 bridgehead atoms. The summed E-state index contributed by atoms with van der Waals surface area (Å²) in [6.45, 7) is 5.01. The van der Waals surface area contributed by atoms with Crippen molar-refractivity contribution in [2.75, 3.05) is 0 Å². The SMILES string of the molecule is CC(O)C(C)(C)N1C(=O)CCCC1=O. The molecule has 80 valence electrons. The number of aliphatic hydroxyl groups is 1. The molecule has 0 spiro atoms. The van der Waals surface area contributed by atoms with Crippen molar-refractivity contribution in [3.05, 3.63) is 0 Å². The summed E-state index contributed by atoms with van der Waals surface area (Å²) in [7, 11) is 0. The van der Waals surface area contributed by atoms with Crippen molar-refractivity contribution < 1.29 is 14.7 Å². The van der Waals surface area contributed by atoms with E-state index >= 15 is 0 Å². The van der Waals surface area contributed by atoms with Crippen molar-refractivity contribution in [2.45, 2.75) is 51.7 Å². The molecule has 4 nitrogen and oxygen atoms in total. The van der Waals surface area contributed by atoms with Crippen molar-refractivity contribution in [2.24, 2.45) is 0 Å². The molecular weight excluding hydrogens is 182 g/mol. The van der Waals surface area contributed by atoms with E-state index in [0.717, 1.165) is 0 Å². The number of amides is 2. The molecule has 2 amide bonds. The van der Waals surface area contributed by atoms with Crippen molar-refractivity contribution >= 4 is 11.8 Å². The van der Waals surface area contributed by atoms with Gasteiger partial charge in [-0.25, -0.2) is 0 Å². The van der Waals surface area contributed by atoms with Gasteiger partial charge in [0.2, 0.25) is 11.8 Å². The third kappa shape index (κ3) is 1.80. The van der Waals surface area contributed by atoms with Gasteiger partial charge in [-0.3, -0.25) is 14.5 Å². The molecule has 1 saturated heterocycles. The van der Waals surface area contributed by atoms with E-state index in [0.29, 0.717) is 19.3 Å². The second-order valence-electron chi connectivity index (χ2n) is 4.31. The van der Waals surface area contributed by atoms with E-state index in [1.807, 2.05) is 0 Å². The average Bonchev–Trinajstić information content (AvgIpc) is 2.02. The van der Waals surface area contributed by atoms with Gasteiger partial charge in [-0.2, -0.15) is 0 Å². The lowest BCUT2D eigenvalue weighted by Gasteiger charge is -2.41. The van der Waals surface area contributed by atoms with Crippen molar-refractivity contribution in [1.29, 1.82) is 0 Å². The molecular formula is C10H17NO3. The topological polar surface area (TPSA) is 57.6 Å². The smallest absolute Gasteiger partial charge is 0.229 e.